The summed E-state index contributed by atoms with van der Waals surface area (Å²) >= 11 is 0. The molecule has 0 bridgehead atoms. The first-order valence-electron chi connectivity index (χ1n) is 5.34. The number of hydrogen-bond acceptors (Lipinski definition) is 3. The number of rotatable bonds is 4. The van der Waals surface area contributed by atoms with Crippen LogP contribution in [0.2, 0.25) is 0 Å². The Balaban J connectivity index is 4.24. The molecule has 1 atom stereocenters. The third-order valence-electron chi connectivity index (χ3n) is 2.24. The summed E-state index contributed by atoms with van der Waals surface area (Å²) in [6, 6.07) is 0.0573. The summed E-state index contributed by atoms with van der Waals surface area (Å²) in [5.41, 5.74) is 0. The lowest BCUT2D eigenvalue weighted by atomic mass is 10.0. The molecule has 0 fully saturated rings. The number of ether oxygens (including phenoxy) is 1. The fourth-order valence-electron chi connectivity index (χ4n) is 1.38. The highest BCUT2D eigenvalue weighted by molar-refractivity contribution is 6.32. The summed E-state index contributed by atoms with van der Waals surface area (Å²) in [5, 5.41) is 0. The molecule has 0 heterocycles. The predicted molar refractivity (Wildman–Crippen MR) is 58.3 cm³/mol. The number of carbonyl (C=O) groups excluding carboxylic acids is 2. The molecule has 1 amide bonds. The van der Waals surface area contributed by atoms with Crippen LogP contribution < -0.4 is 0 Å². The Bertz CT molecular complexity index is 226. The van der Waals surface area contributed by atoms with Crippen molar-refractivity contribution in [3.63, 3.8) is 0 Å². The molecular formula is C11H21NO3. The predicted octanol–water partition coefficient (Wildman–Crippen LogP) is 1.44. The van der Waals surface area contributed by atoms with Crippen molar-refractivity contribution < 1.29 is 14.3 Å². The average Bonchev–Trinajstić information content (AvgIpc) is 2.14. The smallest absolute Gasteiger partial charge is 0.397 e. The Morgan fingerprint density at radius 1 is 1.27 bits per heavy atom. The van der Waals surface area contributed by atoms with E-state index in [1.807, 2.05) is 6.92 Å². The largest absolute Gasteiger partial charge is 0.459 e. The first-order chi connectivity index (χ1) is 6.90. The zero-order valence-electron chi connectivity index (χ0n) is 10.2. The molecule has 0 rings (SSSR count). The third kappa shape index (κ3) is 4.81. The molecule has 1 unspecified atom stereocenters. The lowest BCUT2D eigenvalue weighted by molar-refractivity contribution is -0.160. The van der Waals surface area contributed by atoms with Crippen molar-refractivity contribution in [3.05, 3.63) is 0 Å². The highest BCUT2D eigenvalue weighted by atomic mass is 16.5. The van der Waals surface area contributed by atoms with Crippen LogP contribution in [0.1, 0.15) is 34.1 Å². The Morgan fingerprint density at radius 2 is 1.80 bits per heavy atom. The van der Waals surface area contributed by atoms with E-state index in [0.717, 1.165) is 6.42 Å². The highest BCUT2D eigenvalue weighted by Gasteiger charge is 2.24. The molecule has 4 heteroatoms. The fraction of sp³-hybridized carbons (Fsp3) is 0.818. The summed E-state index contributed by atoms with van der Waals surface area (Å²) in [6.07, 6.45) is 0.877. The standard InChI is InChI=1S/C11H21NO3/c1-6-15-11(14)10(13)12(5)9(4)7-8(2)3/h8-9H,6-7H2,1-5H3. The SMILES string of the molecule is CCOC(=O)C(=O)N(C)C(C)CC(C)C. The maximum absolute atomic E-state index is 11.5. The number of likely N-dealkylation sites (N-methyl/N-ethyl adjacent to an activating group) is 1. The average molecular weight is 215 g/mol. The van der Waals surface area contributed by atoms with Crippen LogP contribution in [0.3, 0.4) is 0 Å². The van der Waals surface area contributed by atoms with E-state index in [9.17, 15) is 9.59 Å². The van der Waals surface area contributed by atoms with Gasteiger partial charge in [-0.1, -0.05) is 13.8 Å². The van der Waals surface area contributed by atoms with Gasteiger partial charge in [0.05, 0.1) is 6.61 Å². The van der Waals surface area contributed by atoms with Gasteiger partial charge in [0, 0.05) is 13.1 Å². The Labute approximate surface area is 91.6 Å². The maximum Gasteiger partial charge on any atom is 0.397 e. The summed E-state index contributed by atoms with van der Waals surface area (Å²) in [4.78, 5) is 24.1. The van der Waals surface area contributed by atoms with Gasteiger partial charge in [0.1, 0.15) is 0 Å². The second kappa shape index (κ2) is 6.43. The van der Waals surface area contributed by atoms with Crippen molar-refractivity contribution in [3.8, 4) is 0 Å². The van der Waals surface area contributed by atoms with E-state index in [1.165, 1.54) is 4.90 Å². The monoisotopic (exact) mass is 215 g/mol. The van der Waals surface area contributed by atoms with Gasteiger partial charge in [-0.3, -0.25) is 4.79 Å². The number of amides is 1. The van der Waals surface area contributed by atoms with E-state index < -0.39 is 11.9 Å². The molecule has 0 aromatic heterocycles. The molecule has 0 saturated heterocycles. The Morgan fingerprint density at radius 3 is 2.20 bits per heavy atom. The lowest BCUT2D eigenvalue weighted by Crippen LogP contribution is -2.41. The van der Waals surface area contributed by atoms with Crippen molar-refractivity contribution in [2.24, 2.45) is 5.92 Å². The molecule has 0 spiro atoms. The number of nitrogens with zero attached hydrogens (tertiary/aromatic N) is 1. The third-order valence-corrected chi connectivity index (χ3v) is 2.24. The van der Waals surface area contributed by atoms with E-state index in [0.29, 0.717) is 5.92 Å². The second-order valence-electron chi connectivity index (χ2n) is 4.12. The van der Waals surface area contributed by atoms with E-state index in [4.69, 9.17) is 0 Å². The van der Waals surface area contributed by atoms with Crippen LogP contribution in [0.4, 0.5) is 0 Å². The number of carbonyl (C=O) groups is 2. The van der Waals surface area contributed by atoms with Crippen LogP contribution in [0.5, 0.6) is 0 Å². The molecule has 0 radical (unpaired) electrons. The summed E-state index contributed by atoms with van der Waals surface area (Å²) < 4.78 is 4.65. The van der Waals surface area contributed by atoms with Gasteiger partial charge < -0.3 is 9.64 Å². The van der Waals surface area contributed by atoms with E-state index in [-0.39, 0.29) is 12.6 Å². The van der Waals surface area contributed by atoms with Crippen LogP contribution in [0, 0.1) is 5.92 Å². The minimum absolute atomic E-state index is 0.0573. The van der Waals surface area contributed by atoms with Gasteiger partial charge in [0.25, 0.3) is 0 Å². The topological polar surface area (TPSA) is 46.6 Å². The van der Waals surface area contributed by atoms with Gasteiger partial charge in [-0.2, -0.15) is 0 Å². The molecule has 0 aromatic rings. The molecule has 0 aromatic carbocycles. The first-order valence-corrected chi connectivity index (χ1v) is 5.34. The molecule has 88 valence electrons. The van der Waals surface area contributed by atoms with Gasteiger partial charge in [0.15, 0.2) is 0 Å². The van der Waals surface area contributed by atoms with Crippen LogP contribution in [0.25, 0.3) is 0 Å². The van der Waals surface area contributed by atoms with Crippen LogP contribution in [-0.4, -0.2) is 36.5 Å². The molecule has 15 heavy (non-hydrogen) atoms. The van der Waals surface area contributed by atoms with Crippen molar-refractivity contribution >= 4 is 11.9 Å². The van der Waals surface area contributed by atoms with Crippen molar-refractivity contribution in [1.29, 1.82) is 0 Å². The summed E-state index contributed by atoms with van der Waals surface area (Å²) in [6.45, 7) is 8.01. The lowest BCUT2D eigenvalue weighted by Gasteiger charge is -2.25. The van der Waals surface area contributed by atoms with Crippen LogP contribution in [-0.2, 0) is 14.3 Å². The molecule has 0 aliphatic rings. The van der Waals surface area contributed by atoms with Crippen LogP contribution in [0.15, 0.2) is 0 Å². The first kappa shape index (κ1) is 13.9. The molecule has 0 aliphatic carbocycles. The van der Waals surface area contributed by atoms with Gasteiger partial charge >= 0.3 is 11.9 Å². The molecular weight excluding hydrogens is 194 g/mol. The van der Waals surface area contributed by atoms with Crippen molar-refractivity contribution in [1.82, 2.24) is 4.90 Å². The summed E-state index contributed by atoms with van der Waals surface area (Å²) in [5.74, 6) is -0.835. The van der Waals surface area contributed by atoms with Crippen molar-refractivity contribution in [2.75, 3.05) is 13.7 Å². The normalized spacial score (nSPS) is 12.4. The Hall–Kier alpha value is -1.06. The summed E-state index contributed by atoms with van der Waals surface area (Å²) in [7, 11) is 1.63. The number of hydrogen-bond donors (Lipinski definition) is 0. The molecule has 0 N–H and O–H groups in total. The van der Waals surface area contributed by atoms with Crippen molar-refractivity contribution in [2.45, 2.75) is 40.2 Å². The maximum atomic E-state index is 11.5. The van der Waals surface area contributed by atoms with E-state index >= 15 is 0 Å². The highest BCUT2D eigenvalue weighted by Crippen LogP contribution is 2.09. The van der Waals surface area contributed by atoms with Gasteiger partial charge in [0.2, 0.25) is 0 Å². The van der Waals surface area contributed by atoms with E-state index in [1.54, 1.807) is 14.0 Å². The van der Waals surface area contributed by atoms with Gasteiger partial charge in [-0.05, 0) is 26.2 Å². The van der Waals surface area contributed by atoms with Crippen LogP contribution >= 0.6 is 0 Å². The molecule has 0 aliphatic heterocycles. The second-order valence-corrected chi connectivity index (χ2v) is 4.12. The molecule has 0 saturated carbocycles. The quantitative estimate of drug-likeness (QED) is 0.526. The van der Waals surface area contributed by atoms with Gasteiger partial charge in [-0.25, -0.2) is 4.79 Å². The minimum Gasteiger partial charge on any atom is -0.459 e. The van der Waals surface area contributed by atoms with Gasteiger partial charge in [-0.15, -0.1) is 0 Å². The molecule has 4 nitrogen and oxygen atoms in total. The number of esters is 1. The van der Waals surface area contributed by atoms with E-state index in [2.05, 4.69) is 18.6 Å². The fourth-order valence-corrected chi connectivity index (χ4v) is 1.38. The zero-order valence-corrected chi connectivity index (χ0v) is 10.2. The minimum atomic E-state index is -0.768. The zero-order chi connectivity index (χ0) is 12.0. The Kier molecular flexibility index (Phi) is 5.97.